The fraction of sp³-hybridized carbons (Fsp3) is 0.929. The molecule has 0 radical (unpaired) electrons. The number of hydrogen-bond donors (Lipinski definition) is 0. The van der Waals surface area contributed by atoms with Gasteiger partial charge in [0.25, 0.3) is 0 Å². The molecular weight excluding hydrogens is 278 g/mol. The molecular formula is C14H26BrNO. The molecule has 1 amide bonds. The molecule has 1 atom stereocenters. The van der Waals surface area contributed by atoms with Crippen molar-refractivity contribution in [3.63, 3.8) is 0 Å². The third kappa shape index (κ3) is 4.61. The van der Waals surface area contributed by atoms with E-state index in [9.17, 15) is 4.79 Å². The van der Waals surface area contributed by atoms with E-state index in [-0.39, 0.29) is 5.41 Å². The van der Waals surface area contributed by atoms with Crippen molar-refractivity contribution >= 4 is 21.8 Å². The molecule has 1 unspecified atom stereocenters. The predicted octanol–water partition coefficient (Wildman–Crippen LogP) is 3.69. The normalized spacial score (nSPS) is 20.4. The number of piperidine rings is 1. The SMILES string of the molecule is CC(CC(=O)N1CCC(CBr)CC1)C(C)(C)C. The minimum absolute atomic E-state index is 0.226. The van der Waals surface area contributed by atoms with Crippen molar-refractivity contribution in [1.29, 1.82) is 0 Å². The van der Waals surface area contributed by atoms with E-state index >= 15 is 0 Å². The Kier molecular flexibility index (Phi) is 5.49. The number of hydrogen-bond acceptors (Lipinski definition) is 1. The van der Waals surface area contributed by atoms with E-state index in [0.717, 1.165) is 37.2 Å². The Labute approximate surface area is 114 Å². The summed E-state index contributed by atoms with van der Waals surface area (Å²) in [6.07, 6.45) is 3.00. The van der Waals surface area contributed by atoms with Crippen molar-refractivity contribution in [1.82, 2.24) is 4.90 Å². The molecule has 2 nitrogen and oxygen atoms in total. The largest absolute Gasteiger partial charge is 0.343 e. The van der Waals surface area contributed by atoms with Crippen LogP contribution in [0.1, 0.15) is 47.0 Å². The Hall–Kier alpha value is -0.0500. The molecule has 1 saturated heterocycles. The summed E-state index contributed by atoms with van der Waals surface area (Å²) < 4.78 is 0. The van der Waals surface area contributed by atoms with Gasteiger partial charge in [-0.2, -0.15) is 0 Å². The van der Waals surface area contributed by atoms with Gasteiger partial charge >= 0.3 is 0 Å². The molecule has 3 heteroatoms. The summed E-state index contributed by atoms with van der Waals surface area (Å²) in [6.45, 7) is 10.7. The number of amides is 1. The van der Waals surface area contributed by atoms with Gasteiger partial charge in [0.05, 0.1) is 0 Å². The molecule has 100 valence electrons. The number of rotatable bonds is 3. The molecule has 17 heavy (non-hydrogen) atoms. The lowest BCUT2D eigenvalue weighted by atomic mass is 9.80. The number of alkyl halides is 1. The second kappa shape index (κ2) is 6.21. The van der Waals surface area contributed by atoms with Gasteiger partial charge in [0.2, 0.25) is 5.91 Å². The van der Waals surface area contributed by atoms with Gasteiger partial charge in [-0.3, -0.25) is 4.79 Å². The lowest BCUT2D eigenvalue weighted by Gasteiger charge is -2.34. The smallest absolute Gasteiger partial charge is 0.222 e. The Bertz CT molecular complexity index is 251. The van der Waals surface area contributed by atoms with E-state index in [2.05, 4.69) is 48.5 Å². The van der Waals surface area contributed by atoms with E-state index in [4.69, 9.17) is 0 Å². The van der Waals surface area contributed by atoms with E-state index < -0.39 is 0 Å². The molecule has 0 aromatic rings. The summed E-state index contributed by atoms with van der Waals surface area (Å²) >= 11 is 3.53. The fourth-order valence-corrected chi connectivity index (χ4v) is 2.68. The zero-order valence-electron chi connectivity index (χ0n) is 11.6. The standard InChI is InChI=1S/C14H26BrNO/c1-11(14(2,3)4)9-13(17)16-7-5-12(10-15)6-8-16/h11-12H,5-10H2,1-4H3. The molecule has 0 aromatic carbocycles. The Morgan fingerprint density at radius 1 is 1.35 bits per heavy atom. The van der Waals surface area contributed by atoms with Crippen LogP contribution in [0.5, 0.6) is 0 Å². The van der Waals surface area contributed by atoms with Gasteiger partial charge in [-0.15, -0.1) is 0 Å². The van der Waals surface area contributed by atoms with Crippen LogP contribution in [0, 0.1) is 17.3 Å². The summed E-state index contributed by atoms with van der Waals surface area (Å²) in [4.78, 5) is 14.2. The van der Waals surface area contributed by atoms with Crippen molar-refractivity contribution in [2.75, 3.05) is 18.4 Å². The highest BCUT2D eigenvalue weighted by atomic mass is 79.9. The summed E-state index contributed by atoms with van der Waals surface area (Å²) in [5.74, 6) is 1.56. The highest BCUT2D eigenvalue weighted by Crippen LogP contribution is 2.29. The van der Waals surface area contributed by atoms with E-state index in [1.54, 1.807) is 0 Å². The van der Waals surface area contributed by atoms with Crippen molar-refractivity contribution in [3.05, 3.63) is 0 Å². The quantitative estimate of drug-likeness (QED) is 0.728. The van der Waals surface area contributed by atoms with Crippen LogP contribution < -0.4 is 0 Å². The van der Waals surface area contributed by atoms with Crippen molar-refractivity contribution in [2.24, 2.45) is 17.3 Å². The van der Waals surface area contributed by atoms with E-state index in [0.29, 0.717) is 18.2 Å². The Balaban J connectivity index is 2.39. The second-order valence-electron chi connectivity index (χ2n) is 6.45. The third-order valence-corrected chi connectivity index (χ3v) is 5.06. The predicted molar refractivity (Wildman–Crippen MR) is 76.3 cm³/mol. The molecule has 1 aliphatic heterocycles. The zero-order valence-corrected chi connectivity index (χ0v) is 13.2. The number of likely N-dealkylation sites (tertiary alicyclic amines) is 1. The topological polar surface area (TPSA) is 20.3 Å². The average Bonchev–Trinajstić information content (AvgIpc) is 2.27. The third-order valence-electron chi connectivity index (χ3n) is 4.14. The molecule has 0 bridgehead atoms. The lowest BCUT2D eigenvalue weighted by molar-refractivity contribution is -0.134. The average molecular weight is 304 g/mol. The monoisotopic (exact) mass is 303 g/mol. The Morgan fingerprint density at radius 2 is 1.88 bits per heavy atom. The van der Waals surface area contributed by atoms with Crippen LogP contribution in [0.2, 0.25) is 0 Å². The molecule has 1 rings (SSSR count). The van der Waals surface area contributed by atoms with Crippen LogP contribution in [-0.4, -0.2) is 29.2 Å². The fourth-order valence-electron chi connectivity index (χ4n) is 2.03. The molecule has 1 fully saturated rings. The maximum absolute atomic E-state index is 12.2. The first kappa shape index (κ1) is 15.0. The molecule has 0 N–H and O–H groups in total. The van der Waals surface area contributed by atoms with Gasteiger partial charge in [-0.25, -0.2) is 0 Å². The van der Waals surface area contributed by atoms with Crippen LogP contribution in [0.3, 0.4) is 0 Å². The van der Waals surface area contributed by atoms with Gasteiger partial charge in [-0.05, 0) is 30.1 Å². The van der Waals surface area contributed by atoms with Gasteiger partial charge in [0.1, 0.15) is 0 Å². The number of carbonyl (C=O) groups excluding carboxylic acids is 1. The maximum atomic E-state index is 12.2. The van der Waals surface area contributed by atoms with Gasteiger partial charge < -0.3 is 4.90 Å². The minimum atomic E-state index is 0.226. The van der Waals surface area contributed by atoms with Crippen LogP contribution in [0.15, 0.2) is 0 Å². The molecule has 0 spiro atoms. The molecule has 0 aliphatic carbocycles. The van der Waals surface area contributed by atoms with E-state index in [1.165, 1.54) is 0 Å². The van der Waals surface area contributed by atoms with Crippen molar-refractivity contribution in [3.8, 4) is 0 Å². The van der Waals surface area contributed by atoms with Crippen LogP contribution >= 0.6 is 15.9 Å². The van der Waals surface area contributed by atoms with Crippen LogP contribution in [0.25, 0.3) is 0 Å². The first-order valence-corrected chi connectivity index (χ1v) is 7.80. The summed E-state index contributed by atoms with van der Waals surface area (Å²) in [5, 5.41) is 1.08. The minimum Gasteiger partial charge on any atom is -0.343 e. The molecule has 0 aromatic heterocycles. The zero-order chi connectivity index (χ0) is 13.1. The molecule has 1 aliphatic rings. The number of nitrogens with zero attached hydrogens (tertiary/aromatic N) is 1. The highest BCUT2D eigenvalue weighted by Gasteiger charge is 2.27. The number of halogens is 1. The van der Waals surface area contributed by atoms with Crippen molar-refractivity contribution < 1.29 is 4.79 Å². The maximum Gasteiger partial charge on any atom is 0.222 e. The van der Waals surface area contributed by atoms with Crippen LogP contribution in [-0.2, 0) is 4.79 Å². The highest BCUT2D eigenvalue weighted by molar-refractivity contribution is 9.09. The van der Waals surface area contributed by atoms with Gasteiger partial charge in [0, 0.05) is 24.8 Å². The second-order valence-corrected chi connectivity index (χ2v) is 7.10. The summed E-state index contributed by atoms with van der Waals surface area (Å²) in [6, 6.07) is 0. The lowest BCUT2D eigenvalue weighted by Crippen LogP contribution is -2.40. The Morgan fingerprint density at radius 3 is 2.29 bits per heavy atom. The van der Waals surface area contributed by atoms with Gasteiger partial charge in [0.15, 0.2) is 0 Å². The molecule has 1 heterocycles. The summed E-state index contributed by atoms with van der Waals surface area (Å²) in [5.41, 5.74) is 0.226. The summed E-state index contributed by atoms with van der Waals surface area (Å²) in [7, 11) is 0. The van der Waals surface area contributed by atoms with Crippen LogP contribution in [0.4, 0.5) is 0 Å². The molecule has 0 saturated carbocycles. The van der Waals surface area contributed by atoms with Crippen molar-refractivity contribution in [2.45, 2.75) is 47.0 Å². The first-order chi connectivity index (χ1) is 7.84. The number of carbonyl (C=O) groups is 1. The van der Waals surface area contributed by atoms with E-state index in [1.807, 2.05) is 0 Å². The first-order valence-electron chi connectivity index (χ1n) is 6.68. The van der Waals surface area contributed by atoms with Gasteiger partial charge in [-0.1, -0.05) is 43.6 Å².